The molecule has 2 aliphatic rings. The van der Waals surface area contributed by atoms with Gasteiger partial charge in [0, 0.05) is 0 Å². The van der Waals surface area contributed by atoms with Crippen molar-refractivity contribution in [3.63, 3.8) is 0 Å². The minimum atomic E-state index is -0.572. The highest BCUT2D eigenvalue weighted by Crippen LogP contribution is 2.56. The molecule has 1 fully saturated rings. The van der Waals surface area contributed by atoms with E-state index >= 15 is 0 Å². The molecule has 0 spiro atoms. The zero-order valence-corrected chi connectivity index (χ0v) is 13.9. The van der Waals surface area contributed by atoms with Crippen molar-refractivity contribution in [1.29, 1.82) is 0 Å². The second-order valence-corrected chi connectivity index (χ2v) is 7.78. The van der Waals surface area contributed by atoms with Gasteiger partial charge in [0.15, 0.2) is 0 Å². The van der Waals surface area contributed by atoms with E-state index in [-0.39, 0.29) is 27.9 Å². The predicted molar refractivity (Wildman–Crippen MR) is 83.3 cm³/mol. The Bertz CT molecular complexity index is 660. The van der Waals surface area contributed by atoms with Gasteiger partial charge in [0.1, 0.15) is 0 Å². The molecule has 1 aromatic rings. The second kappa shape index (κ2) is 4.91. The van der Waals surface area contributed by atoms with Crippen LogP contribution in [0.15, 0.2) is 24.3 Å². The molecule has 1 aromatic carbocycles. The van der Waals surface area contributed by atoms with Gasteiger partial charge in [-0.2, -0.15) is 0 Å². The third-order valence-electron chi connectivity index (χ3n) is 5.48. The summed E-state index contributed by atoms with van der Waals surface area (Å²) in [5, 5.41) is 0.597. The van der Waals surface area contributed by atoms with Gasteiger partial charge < -0.3 is 4.84 Å². The van der Waals surface area contributed by atoms with Crippen molar-refractivity contribution in [3.8, 4) is 0 Å². The maximum absolute atomic E-state index is 12.3. The first-order chi connectivity index (χ1) is 10.6. The summed E-state index contributed by atoms with van der Waals surface area (Å²) in [7, 11) is 0. The van der Waals surface area contributed by atoms with E-state index in [1.165, 1.54) is 0 Å². The number of imide groups is 1. The fourth-order valence-electron chi connectivity index (χ4n) is 3.22. The highest BCUT2D eigenvalue weighted by molar-refractivity contribution is 6.20. The van der Waals surface area contributed by atoms with Gasteiger partial charge in [-0.1, -0.05) is 44.9 Å². The van der Waals surface area contributed by atoms with Gasteiger partial charge in [0.2, 0.25) is 0 Å². The first-order valence-corrected chi connectivity index (χ1v) is 7.84. The maximum Gasteiger partial charge on any atom is 0.336 e. The van der Waals surface area contributed by atoms with Crippen molar-refractivity contribution in [3.05, 3.63) is 35.4 Å². The molecular formula is C18H21NO4. The molecule has 2 amide bonds. The third-order valence-corrected chi connectivity index (χ3v) is 5.48. The Labute approximate surface area is 135 Å². The number of rotatable bonds is 2. The molecule has 0 atom stereocenters. The number of nitrogens with zero attached hydrogens (tertiary/aromatic N) is 1. The summed E-state index contributed by atoms with van der Waals surface area (Å²) in [6.45, 7) is 8.61. The largest absolute Gasteiger partial charge is 0.336 e. The Morgan fingerprint density at radius 3 is 2.04 bits per heavy atom. The summed E-state index contributed by atoms with van der Waals surface area (Å²) >= 11 is 0. The molecule has 0 N–H and O–H groups in total. The Balaban J connectivity index is 1.67. The first-order valence-electron chi connectivity index (χ1n) is 7.84. The zero-order valence-electron chi connectivity index (χ0n) is 13.9. The van der Waals surface area contributed by atoms with Crippen molar-refractivity contribution in [2.45, 2.75) is 40.5 Å². The van der Waals surface area contributed by atoms with Gasteiger partial charge in [0.25, 0.3) is 11.8 Å². The van der Waals surface area contributed by atoms with Crippen LogP contribution in [0.4, 0.5) is 0 Å². The lowest BCUT2D eigenvalue weighted by atomic mass is 9.52. The number of hydrogen-bond donors (Lipinski definition) is 0. The van der Waals surface area contributed by atoms with E-state index in [9.17, 15) is 14.4 Å². The van der Waals surface area contributed by atoms with E-state index in [4.69, 9.17) is 4.84 Å². The second-order valence-electron chi connectivity index (χ2n) is 7.78. The third kappa shape index (κ3) is 2.35. The molecule has 0 radical (unpaired) electrons. The van der Waals surface area contributed by atoms with Crippen LogP contribution >= 0.6 is 0 Å². The smallest absolute Gasteiger partial charge is 0.329 e. The number of hydroxylamine groups is 2. The summed E-state index contributed by atoms with van der Waals surface area (Å²) in [6, 6.07) is 6.47. The molecule has 0 bridgehead atoms. The molecule has 1 heterocycles. The molecule has 5 nitrogen and oxygen atoms in total. The number of benzene rings is 1. The zero-order chi connectivity index (χ0) is 17.0. The molecule has 1 saturated carbocycles. The van der Waals surface area contributed by atoms with E-state index in [0.717, 1.165) is 0 Å². The van der Waals surface area contributed by atoms with E-state index in [1.807, 2.05) is 0 Å². The van der Waals surface area contributed by atoms with Crippen molar-refractivity contribution in [2.75, 3.05) is 0 Å². The molecule has 0 aromatic heterocycles. The van der Waals surface area contributed by atoms with E-state index in [2.05, 4.69) is 27.7 Å². The summed E-state index contributed by atoms with van der Waals surface area (Å²) in [5.41, 5.74) is 0.717. The Morgan fingerprint density at radius 1 is 1.13 bits per heavy atom. The average molecular weight is 315 g/mol. The summed E-state index contributed by atoms with van der Waals surface area (Å²) < 4.78 is 0. The number of carbonyl (C=O) groups excluding carboxylic acids is 3. The van der Waals surface area contributed by atoms with Crippen LogP contribution in [-0.2, 0) is 9.63 Å². The molecule has 23 heavy (non-hydrogen) atoms. The lowest BCUT2D eigenvalue weighted by molar-refractivity contribution is -0.185. The minimum Gasteiger partial charge on any atom is -0.329 e. The molecule has 0 unspecified atom stereocenters. The summed E-state index contributed by atoms with van der Waals surface area (Å²) in [4.78, 5) is 41.8. The van der Waals surface area contributed by atoms with E-state index in [1.54, 1.807) is 24.3 Å². The van der Waals surface area contributed by atoms with Crippen molar-refractivity contribution >= 4 is 17.8 Å². The Hall–Kier alpha value is -2.17. The number of hydrogen-bond acceptors (Lipinski definition) is 4. The van der Waals surface area contributed by atoms with Crippen molar-refractivity contribution < 1.29 is 19.2 Å². The van der Waals surface area contributed by atoms with Crippen LogP contribution in [0.3, 0.4) is 0 Å². The molecule has 1 aliphatic heterocycles. The molecule has 5 heteroatoms. The summed E-state index contributed by atoms with van der Waals surface area (Å²) in [6.07, 6.45) is 1.41. The van der Waals surface area contributed by atoms with Crippen LogP contribution < -0.4 is 0 Å². The van der Waals surface area contributed by atoms with Gasteiger partial charge >= 0.3 is 5.97 Å². The van der Waals surface area contributed by atoms with Crippen LogP contribution in [0.5, 0.6) is 0 Å². The van der Waals surface area contributed by atoms with Crippen LogP contribution in [0, 0.1) is 16.7 Å². The van der Waals surface area contributed by atoms with Gasteiger partial charge in [0.05, 0.1) is 17.0 Å². The number of amides is 2. The van der Waals surface area contributed by atoms with E-state index < -0.39 is 17.8 Å². The lowest BCUT2D eigenvalue weighted by Crippen LogP contribution is -2.49. The fraction of sp³-hybridized carbons (Fsp3) is 0.500. The minimum absolute atomic E-state index is 0.0681. The van der Waals surface area contributed by atoms with Gasteiger partial charge in [-0.25, -0.2) is 4.79 Å². The standard InChI is InChI=1S/C18H21NO4/c1-17(2,3)18(4)9-11(10-18)16(22)23-19-14(20)12-7-5-6-8-13(12)15(19)21/h5-8,11H,9-10H2,1-4H3. The molecular weight excluding hydrogens is 294 g/mol. The molecule has 3 rings (SSSR count). The first kappa shape index (κ1) is 15.7. The SMILES string of the molecule is CC(C)(C)C1(C)CC(C(=O)ON2C(=O)c3ccccc3C2=O)C1. The van der Waals surface area contributed by atoms with E-state index in [0.29, 0.717) is 17.9 Å². The monoisotopic (exact) mass is 315 g/mol. The van der Waals surface area contributed by atoms with Gasteiger partial charge in [-0.3, -0.25) is 9.59 Å². The maximum atomic E-state index is 12.3. The molecule has 0 saturated heterocycles. The Morgan fingerprint density at radius 2 is 1.61 bits per heavy atom. The summed E-state index contributed by atoms with van der Waals surface area (Å²) in [5.74, 6) is -1.90. The molecule has 1 aliphatic carbocycles. The number of carbonyl (C=O) groups is 3. The predicted octanol–water partition coefficient (Wildman–Crippen LogP) is 3.20. The topological polar surface area (TPSA) is 63.7 Å². The van der Waals surface area contributed by atoms with Gasteiger partial charge in [-0.15, -0.1) is 0 Å². The van der Waals surface area contributed by atoms with Crippen molar-refractivity contribution in [1.82, 2.24) is 5.06 Å². The lowest BCUT2D eigenvalue weighted by Gasteiger charge is -2.52. The van der Waals surface area contributed by atoms with Crippen molar-refractivity contribution in [2.24, 2.45) is 16.7 Å². The Kier molecular flexibility index (Phi) is 3.36. The number of fused-ring (bicyclic) bond motifs is 1. The average Bonchev–Trinajstić information content (AvgIpc) is 2.68. The van der Waals surface area contributed by atoms with Crippen LogP contribution in [0.1, 0.15) is 61.3 Å². The fourth-order valence-corrected chi connectivity index (χ4v) is 3.22. The van der Waals surface area contributed by atoms with Crippen LogP contribution in [0.25, 0.3) is 0 Å². The highest BCUT2D eigenvalue weighted by atomic mass is 16.7. The molecule has 122 valence electrons. The normalized spacial score (nSPS) is 26.8. The van der Waals surface area contributed by atoms with Crippen LogP contribution in [-0.4, -0.2) is 22.8 Å². The quantitative estimate of drug-likeness (QED) is 0.786. The highest BCUT2D eigenvalue weighted by Gasteiger charge is 2.52. The van der Waals surface area contributed by atoms with Crippen LogP contribution in [0.2, 0.25) is 0 Å². The van der Waals surface area contributed by atoms with Gasteiger partial charge in [-0.05, 0) is 35.8 Å².